The summed E-state index contributed by atoms with van der Waals surface area (Å²) in [4.78, 5) is 12.9. The van der Waals surface area contributed by atoms with Crippen molar-refractivity contribution in [3.05, 3.63) is 70.8 Å². The molecule has 0 fully saturated rings. The Hall–Kier alpha value is -2.60. The van der Waals surface area contributed by atoms with Crippen molar-refractivity contribution in [2.75, 3.05) is 17.4 Å². The lowest BCUT2D eigenvalue weighted by Gasteiger charge is -2.26. The van der Waals surface area contributed by atoms with Crippen LogP contribution >= 0.6 is 0 Å². The summed E-state index contributed by atoms with van der Waals surface area (Å²) in [5.41, 5.74) is 4.72. The lowest BCUT2D eigenvalue weighted by Crippen LogP contribution is -2.41. The molecule has 0 bridgehead atoms. The van der Waals surface area contributed by atoms with Gasteiger partial charge in [0, 0.05) is 6.54 Å². The summed E-state index contributed by atoms with van der Waals surface area (Å²) in [5, 5.41) is 2.91. The van der Waals surface area contributed by atoms with Crippen molar-refractivity contribution in [3.63, 3.8) is 0 Å². The molecule has 31 heavy (non-hydrogen) atoms. The first-order chi connectivity index (χ1) is 14.8. The number of allylic oxidation sites excluding steroid dienone is 1. The van der Waals surface area contributed by atoms with Gasteiger partial charge in [-0.05, 0) is 82.2 Å². The summed E-state index contributed by atoms with van der Waals surface area (Å²) >= 11 is 0. The Kier molecular flexibility index (Phi) is 7.55. The summed E-state index contributed by atoms with van der Waals surface area (Å²) in [6.45, 7) is 6.01. The number of carbonyl (C=O) groups excluding carboxylic acids is 1. The second kappa shape index (κ2) is 10.1. The van der Waals surface area contributed by atoms with Gasteiger partial charge in [-0.2, -0.15) is 0 Å². The van der Waals surface area contributed by atoms with Crippen LogP contribution in [-0.4, -0.2) is 27.4 Å². The minimum absolute atomic E-state index is 0.180. The zero-order valence-corrected chi connectivity index (χ0v) is 19.5. The van der Waals surface area contributed by atoms with E-state index in [0.29, 0.717) is 12.2 Å². The van der Waals surface area contributed by atoms with Crippen LogP contribution in [0.2, 0.25) is 0 Å². The maximum atomic E-state index is 13.5. The molecule has 1 aliphatic carbocycles. The van der Waals surface area contributed by atoms with Crippen LogP contribution in [0.4, 0.5) is 5.69 Å². The Morgan fingerprint density at radius 1 is 1.03 bits per heavy atom. The van der Waals surface area contributed by atoms with Crippen LogP contribution in [0.25, 0.3) is 0 Å². The number of rotatable bonds is 8. The fraction of sp³-hybridized carbons (Fsp3) is 0.400. The molecule has 5 nitrogen and oxygen atoms in total. The Morgan fingerprint density at radius 2 is 1.77 bits per heavy atom. The van der Waals surface area contributed by atoms with Gasteiger partial charge < -0.3 is 5.32 Å². The number of nitrogens with one attached hydrogen (secondary N) is 1. The highest BCUT2D eigenvalue weighted by molar-refractivity contribution is 7.92. The SMILES string of the molecule is Cc1ccc(S(=O)(=O)N(CC(=O)NCCC2=CCCCC2)c2cccc(C)c2C)cc1. The Balaban J connectivity index is 1.82. The van der Waals surface area contributed by atoms with Crippen LogP contribution in [0.3, 0.4) is 0 Å². The summed E-state index contributed by atoms with van der Waals surface area (Å²) in [7, 11) is -3.89. The molecule has 2 aromatic rings. The number of amides is 1. The van der Waals surface area contributed by atoms with Crippen molar-refractivity contribution < 1.29 is 13.2 Å². The molecular formula is C25H32N2O3S. The van der Waals surface area contributed by atoms with Gasteiger partial charge >= 0.3 is 0 Å². The minimum atomic E-state index is -3.89. The van der Waals surface area contributed by atoms with Crippen molar-refractivity contribution in [2.24, 2.45) is 0 Å². The standard InChI is InChI=1S/C25H32N2O3S/c1-19-12-14-23(15-13-19)31(29,30)27(24-11-7-8-20(2)21(24)3)18-25(28)26-17-16-22-9-5-4-6-10-22/h7-9,11-15H,4-6,10,16-18H2,1-3H3,(H,26,28). The molecule has 0 unspecified atom stereocenters. The number of sulfonamides is 1. The van der Waals surface area contributed by atoms with Gasteiger partial charge in [0.1, 0.15) is 6.54 Å². The monoisotopic (exact) mass is 440 g/mol. The van der Waals surface area contributed by atoms with E-state index in [1.54, 1.807) is 30.3 Å². The predicted octanol–water partition coefficient (Wildman–Crippen LogP) is 4.81. The van der Waals surface area contributed by atoms with Gasteiger partial charge in [-0.25, -0.2) is 8.42 Å². The number of benzene rings is 2. The van der Waals surface area contributed by atoms with Crippen molar-refractivity contribution in [1.82, 2.24) is 5.32 Å². The van der Waals surface area contributed by atoms with Gasteiger partial charge in [-0.15, -0.1) is 0 Å². The molecule has 6 heteroatoms. The molecule has 1 aliphatic rings. The van der Waals surface area contributed by atoms with Crippen LogP contribution < -0.4 is 9.62 Å². The topological polar surface area (TPSA) is 66.5 Å². The minimum Gasteiger partial charge on any atom is -0.354 e. The van der Waals surface area contributed by atoms with E-state index in [1.165, 1.54) is 22.7 Å². The molecule has 0 aromatic heterocycles. The lowest BCUT2D eigenvalue weighted by atomic mass is 9.97. The average Bonchev–Trinajstić information content (AvgIpc) is 2.75. The van der Waals surface area contributed by atoms with Crippen LogP contribution in [0.1, 0.15) is 48.8 Å². The predicted molar refractivity (Wildman–Crippen MR) is 126 cm³/mol. The van der Waals surface area contributed by atoms with E-state index in [4.69, 9.17) is 0 Å². The fourth-order valence-electron chi connectivity index (χ4n) is 3.82. The summed E-state index contributed by atoms with van der Waals surface area (Å²) in [6.07, 6.45) is 7.72. The molecular weight excluding hydrogens is 408 g/mol. The van der Waals surface area contributed by atoms with E-state index in [-0.39, 0.29) is 17.3 Å². The fourth-order valence-corrected chi connectivity index (χ4v) is 5.30. The first-order valence-corrected chi connectivity index (χ1v) is 12.3. The third-order valence-electron chi connectivity index (χ3n) is 5.89. The first-order valence-electron chi connectivity index (χ1n) is 10.9. The maximum absolute atomic E-state index is 13.5. The van der Waals surface area contributed by atoms with Crippen LogP contribution in [-0.2, 0) is 14.8 Å². The zero-order valence-electron chi connectivity index (χ0n) is 18.6. The third kappa shape index (κ3) is 5.76. The lowest BCUT2D eigenvalue weighted by molar-refractivity contribution is -0.119. The van der Waals surface area contributed by atoms with Crippen LogP contribution in [0, 0.1) is 20.8 Å². The first kappa shape index (κ1) is 23.1. The smallest absolute Gasteiger partial charge is 0.264 e. The molecule has 0 radical (unpaired) electrons. The van der Waals surface area contributed by atoms with Gasteiger partial charge in [0.05, 0.1) is 10.6 Å². The number of hydrogen-bond acceptors (Lipinski definition) is 3. The van der Waals surface area contributed by atoms with Crippen molar-refractivity contribution in [2.45, 2.75) is 57.8 Å². The van der Waals surface area contributed by atoms with Crippen LogP contribution in [0.15, 0.2) is 59.0 Å². The largest absolute Gasteiger partial charge is 0.354 e. The summed E-state index contributed by atoms with van der Waals surface area (Å²) < 4.78 is 28.2. The Morgan fingerprint density at radius 3 is 2.45 bits per heavy atom. The molecule has 0 atom stereocenters. The number of aryl methyl sites for hydroxylation is 2. The number of nitrogens with zero attached hydrogens (tertiary/aromatic N) is 1. The highest BCUT2D eigenvalue weighted by Gasteiger charge is 2.28. The summed E-state index contributed by atoms with van der Waals surface area (Å²) in [6, 6.07) is 12.2. The Bertz CT molecular complexity index is 1060. The quantitative estimate of drug-likeness (QED) is 0.599. The number of anilines is 1. The molecule has 0 saturated carbocycles. The molecule has 166 valence electrons. The van der Waals surface area contributed by atoms with E-state index in [2.05, 4.69) is 11.4 Å². The highest BCUT2D eigenvalue weighted by atomic mass is 32.2. The molecule has 0 aliphatic heterocycles. The average molecular weight is 441 g/mol. The van der Waals surface area contributed by atoms with Crippen molar-refractivity contribution in [1.29, 1.82) is 0 Å². The number of hydrogen-bond donors (Lipinski definition) is 1. The second-order valence-electron chi connectivity index (χ2n) is 8.25. The van der Waals surface area contributed by atoms with Gasteiger partial charge in [0.15, 0.2) is 0 Å². The zero-order chi connectivity index (χ0) is 22.4. The molecule has 0 saturated heterocycles. The number of carbonyl (C=O) groups is 1. The van der Waals surface area contributed by atoms with Gasteiger partial charge in [-0.1, -0.05) is 41.5 Å². The normalized spacial score (nSPS) is 14.1. The molecule has 0 heterocycles. The third-order valence-corrected chi connectivity index (χ3v) is 7.67. The van der Waals surface area contributed by atoms with E-state index >= 15 is 0 Å². The van der Waals surface area contributed by atoms with E-state index in [1.807, 2.05) is 32.9 Å². The molecule has 0 spiro atoms. The molecule has 1 amide bonds. The van der Waals surface area contributed by atoms with E-state index in [0.717, 1.165) is 36.0 Å². The van der Waals surface area contributed by atoms with E-state index < -0.39 is 10.0 Å². The van der Waals surface area contributed by atoms with Gasteiger partial charge in [-0.3, -0.25) is 9.10 Å². The van der Waals surface area contributed by atoms with Crippen LogP contribution in [0.5, 0.6) is 0 Å². The Labute approximate surface area is 186 Å². The van der Waals surface area contributed by atoms with E-state index in [9.17, 15) is 13.2 Å². The second-order valence-corrected chi connectivity index (χ2v) is 10.1. The molecule has 1 N–H and O–H groups in total. The molecule has 3 rings (SSSR count). The van der Waals surface area contributed by atoms with Crippen molar-refractivity contribution >= 4 is 21.6 Å². The van der Waals surface area contributed by atoms with Crippen molar-refractivity contribution in [3.8, 4) is 0 Å². The van der Waals surface area contributed by atoms with Gasteiger partial charge in [0.25, 0.3) is 10.0 Å². The molecule has 2 aromatic carbocycles. The van der Waals surface area contributed by atoms with Gasteiger partial charge in [0.2, 0.25) is 5.91 Å². The summed E-state index contributed by atoms with van der Waals surface area (Å²) in [5.74, 6) is -0.298. The highest BCUT2D eigenvalue weighted by Crippen LogP contribution is 2.28. The maximum Gasteiger partial charge on any atom is 0.264 e.